The number of primary amides is 1. The highest BCUT2D eigenvalue weighted by Gasteiger charge is 2.27. The summed E-state index contributed by atoms with van der Waals surface area (Å²) in [4.78, 5) is 37.1. The molecule has 1 aromatic heterocycles. The fraction of sp³-hybridized carbons (Fsp3) is 0.278. The molecule has 7 nitrogen and oxygen atoms in total. The summed E-state index contributed by atoms with van der Waals surface area (Å²) in [5, 5.41) is 5.42. The molecule has 136 valence electrons. The van der Waals surface area contributed by atoms with Crippen molar-refractivity contribution in [1.82, 2.24) is 5.32 Å². The Hall–Kier alpha value is -2.87. The molecule has 3 amide bonds. The Balaban J connectivity index is 1.67. The number of hydrogen-bond acceptors (Lipinski definition) is 5. The van der Waals surface area contributed by atoms with Crippen LogP contribution >= 0.6 is 11.3 Å². The Bertz CT molecular complexity index is 875. The van der Waals surface area contributed by atoms with Gasteiger partial charge >= 0.3 is 11.8 Å². The molecule has 0 atom stereocenters. The first-order valence-electron chi connectivity index (χ1n) is 8.16. The highest BCUT2D eigenvalue weighted by atomic mass is 32.1. The summed E-state index contributed by atoms with van der Waals surface area (Å²) in [5.41, 5.74) is 7.43. The fourth-order valence-corrected chi connectivity index (χ4v) is 4.31. The number of para-hydroxylation sites is 1. The molecule has 0 unspecified atom stereocenters. The third-order valence-corrected chi connectivity index (χ3v) is 5.44. The monoisotopic (exact) mass is 373 g/mol. The van der Waals surface area contributed by atoms with Crippen molar-refractivity contribution in [1.29, 1.82) is 0 Å². The van der Waals surface area contributed by atoms with Crippen molar-refractivity contribution in [3.8, 4) is 5.75 Å². The molecule has 4 N–H and O–H groups in total. The largest absolute Gasteiger partial charge is 0.496 e. The second kappa shape index (κ2) is 7.57. The summed E-state index contributed by atoms with van der Waals surface area (Å²) in [6, 6.07) is 7.20. The first-order valence-corrected chi connectivity index (χ1v) is 8.98. The molecule has 1 aliphatic carbocycles. The van der Waals surface area contributed by atoms with E-state index in [4.69, 9.17) is 10.5 Å². The molecule has 1 heterocycles. The van der Waals surface area contributed by atoms with Gasteiger partial charge in [-0.15, -0.1) is 11.3 Å². The fourth-order valence-electron chi connectivity index (χ4n) is 3.02. The van der Waals surface area contributed by atoms with E-state index < -0.39 is 17.7 Å². The number of hydrogen-bond donors (Lipinski definition) is 3. The lowest BCUT2D eigenvalue weighted by molar-refractivity contribution is -0.136. The van der Waals surface area contributed by atoms with Gasteiger partial charge in [0.05, 0.1) is 12.7 Å². The lowest BCUT2D eigenvalue weighted by atomic mass is 10.1. The molecule has 1 aromatic carbocycles. The molecule has 26 heavy (non-hydrogen) atoms. The number of aryl methyl sites for hydroxylation is 1. The van der Waals surface area contributed by atoms with Crippen LogP contribution in [0.1, 0.15) is 32.8 Å². The summed E-state index contributed by atoms with van der Waals surface area (Å²) in [6.45, 7) is 0.153. The molecule has 0 radical (unpaired) electrons. The van der Waals surface area contributed by atoms with Crippen LogP contribution in [-0.4, -0.2) is 24.8 Å². The summed E-state index contributed by atoms with van der Waals surface area (Å²) in [6.07, 6.45) is 2.59. The van der Waals surface area contributed by atoms with Crippen molar-refractivity contribution in [2.45, 2.75) is 25.8 Å². The predicted molar refractivity (Wildman–Crippen MR) is 98.3 cm³/mol. The number of nitrogens with one attached hydrogen (secondary N) is 2. The maximum atomic E-state index is 12.2. The van der Waals surface area contributed by atoms with Gasteiger partial charge in [0.25, 0.3) is 5.91 Å². The van der Waals surface area contributed by atoms with Crippen LogP contribution in [-0.2, 0) is 29.0 Å². The van der Waals surface area contributed by atoms with E-state index in [1.54, 1.807) is 12.1 Å². The zero-order valence-electron chi connectivity index (χ0n) is 14.3. The molecule has 0 aliphatic heterocycles. The first-order chi connectivity index (χ1) is 12.5. The number of ether oxygens (including phenoxy) is 1. The Morgan fingerprint density at radius 3 is 2.69 bits per heavy atom. The number of nitrogens with two attached hydrogens (primary N) is 1. The topological polar surface area (TPSA) is 111 Å². The van der Waals surface area contributed by atoms with E-state index in [0.717, 1.165) is 35.3 Å². The first kappa shape index (κ1) is 17.9. The summed E-state index contributed by atoms with van der Waals surface area (Å²) in [7, 11) is 1.54. The number of thiophene rings is 1. The maximum Gasteiger partial charge on any atom is 0.314 e. The van der Waals surface area contributed by atoms with E-state index in [2.05, 4.69) is 10.6 Å². The molecule has 0 bridgehead atoms. The molecule has 0 fully saturated rings. The lowest BCUT2D eigenvalue weighted by Gasteiger charge is -2.10. The quantitative estimate of drug-likeness (QED) is 0.691. The van der Waals surface area contributed by atoms with Gasteiger partial charge in [-0.1, -0.05) is 18.2 Å². The summed E-state index contributed by atoms with van der Waals surface area (Å²) < 4.78 is 5.21. The highest BCUT2D eigenvalue weighted by molar-refractivity contribution is 7.17. The molecule has 1 aliphatic rings. The Morgan fingerprint density at radius 1 is 1.19 bits per heavy atom. The number of fused-ring (bicyclic) bond motifs is 1. The SMILES string of the molecule is COc1ccccc1CNC(=O)C(=O)Nc1sc2c(c1C(N)=O)CCC2. The van der Waals surface area contributed by atoms with Crippen LogP contribution in [0.15, 0.2) is 24.3 Å². The van der Waals surface area contributed by atoms with Crippen LogP contribution in [0.4, 0.5) is 5.00 Å². The number of benzene rings is 1. The van der Waals surface area contributed by atoms with Crippen molar-refractivity contribution in [3.63, 3.8) is 0 Å². The third kappa shape index (κ3) is 3.55. The van der Waals surface area contributed by atoms with Crippen molar-refractivity contribution < 1.29 is 19.1 Å². The van der Waals surface area contributed by atoms with Gasteiger partial charge in [0.2, 0.25) is 0 Å². The smallest absolute Gasteiger partial charge is 0.314 e. The van der Waals surface area contributed by atoms with Gasteiger partial charge in [-0.3, -0.25) is 14.4 Å². The van der Waals surface area contributed by atoms with Crippen LogP contribution < -0.4 is 21.1 Å². The molecule has 0 saturated carbocycles. The van der Waals surface area contributed by atoms with Crippen LogP contribution in [0.5, 0.6) is 5.75 Å². The van der Waals surface area contributed by atoms with Gasteiger partial charge in [0.15, 0.2) is 0 Å². The number of carbonyl (C=O) groups is 3. The van der Waals surface area contributed by atoms with Crippen LogP contribution in [0.2, 0.25) is 0 Å². The zero-order valence-corrected chi connectivity index (χ0v) is 15.1. The number of methoxy groups -OCH3 is 1. The van der Waals surface area contributed by atoms with Gasteiger partial charge in [-0.2, -0.15) is 0 Å². The molecular formula is C18H19N3O4S. The molecule has 3 rings (SSSR count). The van der Waals surface area contributed by atoms with Crippen molar-refractivity contribution in [3.05, 3.63) is 45.8 Å². The number of amides is 3. The van der Waals surface area contributed by atoms with Crippen molar-refractivity contribution in [2.24, 2.45) is 5.73 Å². The van der Waals surface area contributed by atoms with Crippen LogP contribution in [0.3, 0.4) is 0 Å². The second-order valence-electron chi connectivity index (χ2n) is 5.87. The average molecular weight is 373 g/mol. The molecule has 0 spiro atoms. The minimum Gasteiger partial charge on any atom is -0.496 e. The minimum absolute atomic E-state index is 0.153. The van der Waals surface area contributed by atoms with Gasteiger partial charge in [-0.05, 0) is 30.9 Å². The molecule has 2 aromatic rings. The van der Waals surface area contributed by atoms with E-state index in [1.807, 2.05) is 12.1 Å². The Labute approximate surface area is 154 Å². The van der Waals surface area contributed by atoms with Gasteiger partial charge in [0, 0.05) is 17.0 Å². The maximum absolute atomic E-state index is 12.2. The number of rotatable bonds is 5. The molecule has 0 saturated heterocycles. The normalized spacial score (nSPS) is 12.3. The standard InChI is InChI=1S/C18H19N3O4S/c1-25-12-7-3-2-5-10(12)9-20-16(23)17(24)21-18-14(15(19)22)11-6-4-8-13(11)26-18/h2-3,5,7H,4,6,8-9H2,1H3,(H2,19,22)(H,20,23)(H,21,24). The van der Waals surface area contributed by atoms with Crippen molar-refractivity contribution >= 4 is 34.1 Å². The van der Waals surface area contributed by atoms with E-state index >= 15 is 0 Å². The number of carbonyl (C=O) groups excluding carboxylic acids is 3. The Morgan fingerprint density at radius 2 is 1.96 bits per heavy atom. The summed E-state index contributed by atoms with van der Waals surface area (Å²) >= 11 is 1.31. The van der Waals surface area contributed by atoms with E-state index in [9.17, 15) is 14.4 Å². The van der Waals surface area contributed by atoms with E-state index in [0.29, 0.717) is 16.3 Å². The van der Waals surface area contributed by atoms with Gasteiger partial charge in [0.1, 0.15) is 10.8 Å². The van der Waals surface area contributed by atoms with E-state index in [1.165, 1.54) is 18.4 Å². The minimum atomic E-state index is -0.831. The predicted octanol–water partition coefficient (Wildman–Crippen LogP) is 1.60. The van der Waals surface area contributed by atoms with Crippen LogP contribution in [0, 0.1) is 0 Å². The zero-order chi connectivity index (χ0) is 18.7. The Kier molecular flexibility index (Phi) is 5.22. The van der Waals surface area contributed by atoms with E-state index in [-0.39, 0.29) is 6.54 Å². The second-order valence-corrected chi connectivity index (χ2v) is 6.98. The lowest BCUT2D eigenvalue weighted by Crippen LogP contribution is -2.35. The molecular weight excluding hydrogens is 354 g/mol. The molecule has 8 heteroatoms. The summed E-state index contributed by atoms with van der Waals surface area (Å²) in [5.74, 6) is -1.59. The van der Waals surface area contributed by atoms with Crippen molar-refractivity contribution in [2.75, 3.05) is 12.4 Å². The van der Waals surface area contributed by atoms with Gasteiger partial charge < -0.3 is 21.1 Å². The number of anilines is 1. The van der Waals surface area contributed by atoms with Crippen LogP contribution in [0.25, 0.3) is 0 Å². The average Bonchev–Trinajstić information content (AvgIpc) is 3.19. The van der Waals surface area contributed by atoms with Gasteiger partial charge in [-0.25, -0.2) is 0 Å². The third-order valence-electron chi connectivity index (χ3n) is 4.23. The highest BCUT2D eigenvalue weighted by Crippen LogP contribution is 2.38.